The molecule has 0 unspecified atom stereocenters. The zero-order valence-electron chi connectivity index (χ0n) is 16.2. The zero-order valence-corrected chi connectivity index (χ0v) is 17.0. The van der Waals surface area contributed by atoms with Gasteiger partial charge in [0.05, 0.1) is 6.10 Å². The van der Waals surface area contributed by atoms with Gasteiger partial charge < -0.3 is 10.2 Å². The van der Waals surface area contributed by atoms with Crippen LogP contribution in [-0.4, -0.2) is 34.5 Å². The van der Waals surface area contributed by atoms with Crippen LogP contribution < -0.4 is 0 Å². The van der Waals surface area contributed by atoms with Gasteiger partial charge in [0.1, 0.15) is 6.61 Å². The molecule has 27 heavy (non-hydrogen) atoms. The Labute approximate surface area is 165 Å². The average molecular weight is 393 g/mol. The van der Waals surface area contributed by atoms with Gasteiger partial charge in [0, 0.05) is 28.7 Å². The molecule has 4 rings (SSSR count). The number of Topliss-reactive ketones (excluding diaryl/α,β-unsaturated/α-hetero) is 1. The van der Waals surface area contributed by atoms with Crippen LogP contribution >= 0.6 is 11.6 Å². The molecule has 4 nitrogen and oxygen atoms in total. The van der Waals surface area contributed by atoms with E-state index in [0.717, 1.165) is 12.0 Å². The molecule has 0 amide bonds. The van der Waals surface area contributed by atoms with E-state index in [4.69, 9.17) is 11.6 Å². The highest BCUT2D eigenvalue weighted by Gasteiger charge is 2.64. The summed E-state index contributed by atoms with van der Waals surface area (Å²) in [6.45, 7) is 5.89. The lowest BCUT2D eigenvalue weighted by Crippen LogP contribution is -2.56. The summed E-state index contributed by atoms with van der Waals surface area (Å²) >= 11 is 6.66. The van der Waals surface area contributed by atoms with Gasteiger partial charge in [0.25, 0.3) is 0 Å². The van der Waals surface area contributed by atoms with E-state index in [0.29, 0.717) is 24.3 Å². The quantitative estimate of drug-likeness (QED) is 0.756. The summed E-state index contributed by atoms with van der Waals surface area (Å²) in [5, 5.41) is 21.4. The molecule has 0 aliphatic heterocycles. The first-order chi connectivity index (χ1) is 12.6. The maximum Gasteiger partial charge on any atom is 0.162 e. The SMILES string of the molecule is C[C@@H]1C[C@H]2[C@@H]3C=C(Cl)C4=CC(=O)CC[C@]4(C)[C@H]3[C@@H](O)C[C@]2(C)[C@H]1C(=O)CO. The van der Waals surface area contributed by atoms with Crippen molar-refractivity contribution in [2.75, 3.05) is 6.61 Å². The number of rotatable bonds is 2. The van der Waals surface area contributed by atoms with Gasteiger partial charge in [0.2, 0.25) is 0 Å². The van der Waals surface area contributed by atoms with E-state index in [9.17, 15) is 19.8 Å². The third kappa shape index (κ3) is 2.56. The molecular weight excluding hydrogens is 364 g/mol. The largest absolute Gasteiger partial charge is 0.393 e. The molecule has 4 aliphatic carbocycles. The molecule has 0 aromatic rings. The topological polar surface area (TPSA) is 74.6 Å². The Morgan fingerprint density at radius 1 is 1.37 bits per heavy atom. The molecule has 0 saturated heterocycles. The molecule has 148 valence electrons. The van der Waals surface area contributed by atoms with Crippen LogP contribution in [0.4, 0.5) is 0 Å². The van der Waals surface area contributed by atoms with E-state index in [1.54, 1.807) is 6.08 Å². The molecular formula is C22H29ClO4. The fourth-order valence-corrected chi connectivity index (χ4v) is 7.78. The van der Waals surface area contributed by atoms with Gasteiger partial charge in [-0.15, -0.1) is 0 Å². The minimum atomic E-state index is -0.557. The monoisotopic (exact) mass is 392 g/mol. The minimum Gasteiger partial charge on any atom is -0.393 e. The molecule has 0 bridgehead atoms. The molecule has 4 aliphatic rings. The third-order valence-electron chi connectivity index (χ3n) is 8.34. The summed E-state index contributed by atoms with van der Waals surface area (Å²) in [7, 11) is 0. The van der Waals surface area contributed by atoms with Gasteiger partial charge in [-0.25, -0.2) is 0 Å². The average Bonchev–Trinajstić information content (AvgIpc) is 2.85. The van der Waals surface area contributed by atoms with Gasteiger partial charge in [0.15, 0.2) is 11.6 Å². The number of allylic oxidation sites excluding steroid dienone is 4. The van der Waals surface area contributed by atoms with Crippen LogP contribution in [-0.2, 0) is 9.59 Å². The van der Waals surface area contributed by atoms with E-state index in [2.05, 4.69) is 20.8 Å². The molecule has 2 saturated carbocycles. The van der Waals surface area contributed by atoms with Crippen LogP contribution in [0.3, 0.4) is 0 Å². The molecule has 0 heterocycles. The van der Waals surface area contributed by atoms with Gasteiger partial charge in [-0.3, -0.25) is 9.59 Å². The summed E-state index contributed by atoms with van der Waals surface area (Å²) in [6, 6.07) is 0. The lowest BCUT2D eigenvalue weighted by atomic mass is 9.47. The number of fused-ring (bicyclic) bond motifs is 5. The standard InChI is InChI=1S/C22H29ClO4/c1-11-6-14-13-8-16(23)15-7-12(25)4-5-21(15,2)20(13)17(26)9-22(14,3)19(11)18(27)10-24/h7-8,11,13-14,17,19-20,24,26H,4-6,9-10H2,1-3H3/t11-,13+,14+,17+,19-,20-,21+,22+/m1/s1. The molecule has 0 spiro atoms. The lowest BCUT2D eigenvalue weighted by Gasteiger charge is -2.58. The Morgan fingerprint density at radius 3 is 2.74 bits per heavy atom. The molecule has 0 aromatic carbocycles. The second-order valence-corrected chi connectivity index (χ2v) is 10.2. The van der Waals surface area contributed by atoms with Gasteiger partial charge in [-0.1, -0.05) is 38.4 Å². The minimum absolute atomic E-state index is 0.00704. The smallest absolute Gasteiger partial charge is 0.162 e. The first kappa shape index (κ1) is 19.4. The normalized spacial score (nSPS) is 48.9. The first-order valence-electron chi connectivity index (χ1n) is 10.1. The number of aliphatic hydroxyl groups excluding tert-OH is 2. The van der Waals surface area contributed by atoms with Crippen LogP contribution in [0.15, 0.2) is 22.8 Å². The maximum atomic E-state index is 12.5. The molecule has 0 radical (unpaired) electrons. The molecule has 0 aromatic heterocycles. The molecule has 8 atom stereocenters. The van der Waals surface area contributed by atoms with Crippen molar-refractivity contribution in [2.24, 2.45) is 40.4 Å². The molecule has 5 heteroatoms. The Bertz CT molecular complexity index is 755. The van der Waals surface area contributed by atoms with Crippen LogP contribution in [0.2, 0.25) is 0 Å². The molecule has 2 fully saturated rings. The highest BCUT2D eigenvalue weighted by atomic mass is 35.5. The van der Waals surface area contributed by atoms with Crippen LogP contribution in [0.1, 0.15) is 46.5 Å². The number of ketones is 2. The van der Waals surface area contributed by atoms with E-state index in [1.165, 1.54) is 0 Å². The summed E-state index contributed by atoms with van der Waals surface area (Å²) in [5.74, 6) is 0.271. The van der Waals surface area contributed by atoms with Crippen molar-refractivity contribution in [1.29, 1.82) is 0 Å². The Morgan fingerprint density at radius 2 is 2.07 bits per heavy atom. The highest BCUT2D eigenvalue weighted by molar-refractivity contribution is 6.32. The van der Waals surface area contributed by atoms with E-state index >= 15 is 0 Å². The van der Waals surface area contributed by atoms with Crippen molar-refractivity contribution >= 4 is 23.2 Å². The number of carbonyl (C=O) groups excluding carboxylic acids is 2. The number of halogens is 1. The molecule has 2 N–H and O–H groups in total. The lowest BCUT2D eigenvalue weighted by molar-refractivity contribution is -0.140. The van der Waals surface area contributed by atoms with E-state index < -0.39 is 12.7 Å². The predicted molar refractivity (Wildman–Crippen MR) is 103 cm³/mol. The van der Waals surface area contributed by atoms with Crippen molar-refractivity contribution in [3.8, 4) is 0 Å². The van der Waals surface area contributed by atoms with Crippen molar-refractivity contribution < 1.29 is 19.8 Å². The summed E-state index contributed by atoms with van der Waals surface area (Å²) in [5.41, 5.74) is 0.224. The Kier molecular flexibility index (Phi) is 4.49. The van der Waals surface area contributed by atoms with Crippen LogP contribution in [0.5, 0.6) is 0 Å². The summed E-state index contributed by atoms with van der Waals surface area (Å²) in [4.78, 5) is 24.5. The predicted octanol–water partition coefficient (Wildman–Crippen LogP) is 3.26. The maximum absolute atomic E-state index is 12.5. The van der Waals surface area contributed by atoms with Gasteiger partial charge in [-0.2, -0.15) is 0 Å². The van der Waals surface area contributed by atoms with E-state index in [1.807, 2.05) is 6.08 Å². The van der Waals surface area contributed by atoms with Crippen molar-refractivity contribution in [2.45, 2.75) is 52.6 Å². The van der Waals surface area contributed by atoms with Crippen molar-refractivity contribution in [3.05, 3.63) is 22.8 Å². The van der Waals surface area contributed by atoms with E-state index in [-0.39, 0.29) is 52.0 Å². The summed E-state index contributed by atoms with van der Waals surface area (Å²) < 4.78 is 0. The zero-order chi connectivity index (χ0) is 19.7. The first-order valence-corrected chi connectivity index (χ1v) is 10.5. The van der Waals surface area contributed by atoms with Gasteiger partial charge >= 0.3 is 0 Å². The fraction of sp³-hybridized carbons (Fsp3) is 0.727. The summed E-state index contributed by atoms with van der Waals surface area (Å²) in [6.07, 6.45) is 5.81. The second kappa shape index (κ2) is 6.27. The Balaban J connectivity index is 1.82. The fourth-order valence-electron chi connectivity index (χ4n) is 7.36. The number of hydrogen-bond acceptors (Lipinski definition) is 4. The second-order valence-electron chi connectivity index (χ2n) is 9.76. The van der Waals surface area contributed by atoms with Crippen LogP contribution in [0.25, 0.3) is 0 Å². The van der Waals surface area contributed by atoms with Crippen molar-refractivity contribution in [3.63, 3.8) is 0 Å². The number of carbonyl (C=O) groups is 2. The number of hydrogen-bond donors (Lipinski definition) is 2. The third-order valence-corrected chi connectivity index (χ3v) is 8.67. The number of aliphatic hydroxyl groups is 2. The van der Waals surface area contributed by atoms with Gasteiger partial charge in [-0.05, 0) is 54.1 Å². The van der Waals surface area contributed by atoms with Crippen LogP contribution in [0, 0.1) is 40.4 Å². The van der Waals surface area contributed by atoms with Crippen molar-refractivity contribution in [1.82, 2.24) is 0 Å². The highest BCUT2D eigenvalue weighted by Crippen LogP contribution is 2.67. The Hall–Kier alpha value is -0.970.